The molecule has 0 atom stereocenters. The van der Waals surface area contributed by atoms with Crippen LogP contribution in [0.15, 0.2) is 53.0 Å². The molecule has 0 N–H and O–H groups in total. The highest BCUT2D eigenvalue weighted by molar-refractivity contribution is 8.00. The minimum absolute atomic E-state index is 0.787. The normalized spacial score (nSPS) is 10.7. The van der Waals surface area contributed by atoms with Crippen LogP contribution in [0.25, 0.3) is 10.7 Å². The summed E-state index contributed by atoms with van der Waals surface area (Å²) in [5.74, 6) is 0.788. The highest BCUT2D eigenvalue weighted by atomic mass is 35.5. The molecule has 0 aliphatic rings. The Morgan fingerprint density at radius 3 is 2.70 bits per heavy atom. The number of nitrogens with zero attached hydrogens (tertiary/aromatic N) is 3. The molecule has 0 amide bonds. The van der Waals surface area contributed by atoms with Crippen molar-refractivity contribution in [1.82, 2.24) is 15.2 Å². The lowest BCUT2D eigenvalue weighted by Gasteiger charge is -2.00. The molecule has 0 aliphatic heterocycles. The Bertz CT molecular complexity index is 700. The molecule has 6 heteroatoms. The van der Waals surface area contributed by atoms with Crippen molar-refractivity contribution in [2.75, 3.05) is 0 Å². The van der Waals surface area contributed by atoms with Gasteiger partial charge in [-0.25, -0.2) is 0 Å². The van der Waals surface area contributed by atoms with Gasteiger partial charge in [0.25, 0.3) is 0 Å². The maximum atomic E-state index is 6.14. The second-order valence-electron chi connectivity index (χ2n) is 3.97. The third-order valence-electron chi connectivity index (χ3n) is 2.60. The van der Waals surface area contributed by atoms with Crippen LogP contribution in [0.3, 0.4) is 0 Å². The summed E-state index contributed by atoms with van der Waals surface area (Å²) in [6.07, 6.45) is 1.76. The first-order valence-corrected chi connectivity index (χ1v) is 8.12. The molecule has 2 heterocycles. The lowest BCUT2D eigenvalue weighted by molar-refractivity contribution is 1.01. The molecule has 0 saturated carbocycles. The van der Waals surface area contributed by atoms with Gasteiger partial charge in [0.1, 0.15) is 5.69 Å². The van der Waals surface area contributed by atoms with Gasteiger partial charge < -0.3 is 0 Å². The Morgan fingerprint density at radius 2 is 1.90 bits per heavy atom. The average molecular weight is 320 g/mol. The zero-order chi connectivity index (χ0) is 13.8. The second-order valence-corrected chi connectivity index (χ2v) is 6.58. The lowest BCUT2D eigenvalue weighted by atomic mass is 10.2. The number of hydrogen-bond acceptors (Lipinski definition) is 5. The van der Waals surface area contributed by atoms with Gasteiger partial charge in [-0.1, -0.05) is 59.0 Å². The van der Waals surface area contributed by atoms with E-state index < -0.39 is 0 Å². The monoisotopic (exact) mass is 319 g/mol. The number of rotatable bonds is 4. The number of aromatic nitrogens is 3. The van der Waals surface area contributed by atoms with Crippen LogP contribution in [-0.4, -0.2) is 15.2 Å². The fourth-order valence-electron chi connectivity index (χ4n) is 1.62. The van der Waals surface area contributed by atoms with Crippen molar-refractivity contribution in [3.63, 3.8) is 0 Å². The van der Waals surface area contributed by atoms with Crippen LogP contribution in [0.2, 0.25) is 5.02 Å². The quantitative estimate of drug-likeness (QED) is 0.661. The third kappa shape index (κ3) is 3.17. The number of benzene rings is 1. The SMILES string of the molecule is Clc1ccccc1CSc1nnc(-c2ccccn2)s1. The van der Waals surface area contributed by atoms with Gasteiger partial charge >= 0.3 is 0 Å². The second kappa shape index (κ2) is 6.35. The number of thioether (sulfide) groups is 1. The van der Waals surface area contributed by atoms with Crippen molar-refractivity contribution < 1.29 is 0 Å². The number of pyridine rings is 1. The van der Waals surface area contributed by atoms with Crippen LogP contribution in [-0.2, 0) is 5.75 Å². The summed E-state index contributed by atoms with van der Waals surface area (Å²) in [5.41, 5.74) is 1.96. The molecule has 0 saturated heterocycles. The molecular formula is C14H10ClN3S2. The lowest BCUT2D eigenvalue weighted by Crippen LogP contribution is -1.81. The molecule has 0 unspecified atom stereocenters. The summed E-state index contributed by atoms with van der Waals surface area (Å²) in [5, 5.41) is 9.99. The Labute approximate surface area is 130 Å². The Kier molecular flexibility index (Phi) is 4.30. The summed E-state index contributed by atoms with van der Waals surface area (Å²) in [4.78, 5) is 4.27. The minimum Gasteiger partial charge on any atom is -0.254 e. The zero-order valence-corrected chi connectivity index (χ0v) is 12.8. The van der Waals surface area contributed by atoms with Crippen LogP contribution in [0.1, 0.15) is 5.56 Å². The maximum Gasteiger partial charge on any atom is 0.175 e. The maximum absolute atomic E-state index is 6.14. The zero-order valence-electron chi connectivity index (χ0n) is 10.4. The summed E-state index contributed by atoms with van der Waals surface area (Å²) >= 11 is 9.32. The summed E-state index contributed by atoms with van der Waals surface area (Å²) in [6.45, 7) is 0. The molecule has 2 aromatic heterocycles. The van der Waals surface area contributed by atoms with E-state index in [4.69, 9.17) is 11.6 Å². The minimum atomic E-state index is 0.787. The average Bonchev–Trinajstić information content (AvgIpc) is 2.96. The van der Waals surface area contributed by atoms with Crippen LogP contribution in [0, 0.1) is 0 Å². The van der Waals surface area contributed by atoms with E-state index in [2.05, 4.69) is 15.2 Å². The third-order valence-corrected chi connectivity index (χ3v) is 5.10. The molecule has 1 aromatic carbocycles. The van der Waals surface area contributed by atoms with E-state index in [1.54, 1.807) is 29.3 Å². The van der Waals surface area contributed by atoms with Crippen LogP contribution in [0.5, 0.6) is 0 Å². The molecule has 100 valence electrons. The van der Waals surface area contributed by atoms with Crippen LogP contribution in [0.4, 0.5) is 0 Å². The Balaban J connectivity index is 1.71. The van der Waals surface area contributed by atoms with Crippen molar-refractivity contribution in [2.24, 2.45) is 0 Å². The van der Waals surface area contributed by atoms with Crippen molar-refractivity contribution in [3.8, 4) is 10.7 Å². The van der Waals surface area contributed by atoms with Crippen molar-refractivity contribution in [3.05, 3.63) is 59.2 Å². The van der Waals surface area contributed by atoms with Gasteiger partial charge in [-0.3, -0.25) is 4.98 Å². The highest BCUT2D eigenvalue weighted by Gasteiger charge is 2.08. The molecule has 0 spiro atoms. The predicted molar refractivity (Wildman–Crippen MR) is 84.2 cm³/mol. The standard InChI is InChI=1S/C14H10ClN3S2/c15-11-6-2-1-5-10(11)9-19-14-18-17-13(20-14)12-7-3-4-8-16-12/h1-8H,9H2. The predicted octanol–water partition coefficient (Wildman–Crippen LogP) is 4.55. The van der Waals surface area contributed by atoms with E-state index >= 15 is 0 Å². The fourth-order valence-corrected chi connectivity index (χ4v) is 3.73. The number of hydrogen-bond donors (Lipinski definition) is 0. The molecule has 0 radical (unpaired) electrons. The topological polar surface area (TPSA) is 38.7 Å². The van der Waals surface area contributed by atoms with E-state index in [9.17, 15) is 0 Å². The molecule has 0 fully saturated rings. The molecule has 20 heavy (non-hydrogen) atoms. The van der Waals surface area contributed by atoms with Gasteiger partial charge in [0.05, 0.1) is 0 Å². The fraction of sp³-hybridized carbons (Fsp3) is 0.0714. The first kappa shape index (κ1) is 13.5. The van der Waals surface area contributed by atoms with Crippen molar-refractivity contribution in [2.45, 2.75) is 10.1 Å². The van der Waals surface area contributed by atoms with E-state index in [1.165, 1.54) is 0 Å². The van der Waals surface area contributed by atoms with E-state index in [1.807, 2.05) is 42.5 Å². The highest BCUT2D eigenvalue weighted by Crippen LogP contribution is 2.31. The van der Waals surface area contributed by atoms with Crippen molar-refractivity contribution >= 4 is 34.7 Å². The van der Waals surface area contributed by atoms with Crippen LogP contribution >= 0.6 is 34.7 Å². The number of halogens is 1. The van der Waals surface area contributed by atoms with Gasteiger partial charge in [-0.05, 0) is 23.8 Å². The first-order chi connectivity index (χ1) is 9.83. The molecule has 3 nitrogen and oxygen atoms in total. The van der Waals surface area contributed by atoms with E-state index in [0.29, 0.717) is 0 Å². The van der Waals surface area contributed by atoms with Gasteiger partial charge in [0.2, 0.25) is 0 Å². The smallest absolute Gasteiger partial charge is 0.175 e. The molecule has 0 aliphatic carbocycles. The Morgan fingerprint density at radius 1 is 1.05 bits per heavy atom. The van der Waals surface area contributed by atoms with E-state index in [-0.39, 0.29) is 0 Å². The molecule has 3 aromatic rings. The largest absolute Gasteiger partial charge is 0.254 e. The molecule has 3 rings (SSSR count). The Hall–Kier alpha value is -1.43. The van der Waals surface area contributed by atoms with E-state index in [0.717, 1.165) is 31.4 Å². The molecule has 0 bridgehead atoms. The van der Waals surface area contributed by atoms with Crippen molar-refractivity contribution in [1.29, 1.82) is 0 Å². The van der Waals surface area contributed by atoms with Crippen LogP contribution < -0.4 is 0 Å². The van der Waals surface area contributed by atoms with Gasteiger partial charge in [-0.15, -0.1) is 10.2 Å². The van der Waals surface area contributed by atoms with Gasteiger partial charge in [0.15, 0.2) is 9.35 Å². The van der Waals surface area contributed by atoms with Gasteiger partial charge in [0, 0.05) is 17.0 Å². The first-order valence-electron chi connectivity index (χ1n) is 5.94. The summed E-state index contributed by atoms with van der Waals surface area (Å²) in [7, 11) is 0. The molecular weight excluding hydrogens is 310 g/mol. The summed E-state index contributed by atoms with van der Waals surface area (Å²) < 4.78 is 0.922. The summed E-state index contributed by atoms with van der Waals surface area (Å²) in [6, 6.07) is 13.6. The van der Waals surface area contributed by atoms with Gasteiger partial charge in [-0.2, -0.15) is 0 Å².